The van der Waals surface area contributed by atoms with Gasteiger partial charge in [0.1, 0.15) is 6.10 Å². The quantitative estimate of drug-likeness (QED) is 0.0902. The summed E-state index contributed by atoms with van der Waals surface area (Å²) in [5.74, 6) is 2.38. The molecule has 0 bridgehead atoms. The van der Waals surface area contributed by atoms with Crippen LogP contribution in [0.3, 0.4) is 0 Å². The normalized spacial score (nSPS) is 41.8. The Morgan fingerprint density at radius 3 is 1.92 bits per heavy atom. The van der Waals surface area contributed by atoms with Gasteiger partial charge in [0.2, 0.25) is 0 Å². The molecule has 0 aromatic carbocycles. The number of aliphatic hydroxyl groups is 2. The average Bonchev–Trinajstić information content (AvgIpc) is 3.47. The van der Waals surface area contributed by atoms with Gasteiger partial charge in [0, 0.05) is 17.3 Å². The van der Waals surface area contributed by atoms with Crippen LogP contribution < -0.4 is 0 Å². The summed E-state index contributed by atoms with van der Waals surface area (Å²) in [5.41, 5.74) is 1.20. The van der Waals surface area contributed by atoms with Gasteiger partial charge in [0.25, 0.3) is 0 Å². The third-order valence-electron chi connectivity index (χ3n) is 17.3. The molecule has 4 heteroatoms. The Morgan fingerprint density at radius 2 is 1.34 bits per heavy atom. The first-order chi connectivity index (χ1) is 23.7. The molecule has 288 valence electrons. The number of rotatable bonds is 17. The Morgan fingerprint density at radius 1 is 0.740 bits per heavy atom. The number of carbonyl (C=O) groups excluding carboxylic acids is 1. The monoisotopic (exact) mass is 697 g/mol. The van der Waals surface area contributed by atoms with Gasteiger partial charge in [-0.05, 0) is 117 Å². The lowest BCUT2D eigenvalue weighted by molar-refractivity contribution is -0.267. The van der Waals surface area contributed by atoms with Crippen LogP contribution in [0.2, 0.25) is 0 Å². The Kier molecular flexibility index (Phi) is 13.1. The van der Waals surface area contributed by atoms with E-state index >= 15 is 0 Å². The van der Waals surface area contributed by atoms with E-state index in [0.29, 0.717) is 36.0 Å². The molecular formula is C46H80O4. The number of ether oxygens (including phenoxy) is 1. The lowest BCUT2D eigenvalue weighted by Gasteiger charge is -2.73. The molecule has 0 radical (unpaired) electrons. The maximum absolute atomic E-state index is 13.2. The summed E-state index contributed by atoms with van der Waals surface area (Å²) in [6.07, 6.45) is 26.9. The van der Waals surface area contributed by atoms with Crippen molar-refractivity contribution in [3.8, 4) is 0 Å². The molecule has 0 aromatic rings. The summed E-state index contributed by atoms with van der Waals surface area (Å²) in [6.45, 7) is 21.6. The molecule has 0 saturated heterocycles. The van der Waals surface area contributed by atoms with Crippen molar-refractivity contribution in [2.24, 2.45) is 56.7 Å². The molecule has 4 nitrogen and oxygen atoms in total. The average molecular weight is 697 g/mol. The maximum atomic E-state index is 13.2. The highest BCUT2D eigenvalue weighted by atomic mass is 16.5. The highest BCUT2D eigenvalue weighted by Crippen LogP contribution is 2.77. The van der Waals surface area contributed by atoms with E-state index in [2.05, 4.69) is 55.0 Å². The summed E-state index contributed by atoms with van der Waals surface area (Å²) in [7, 11) is 0. The third-order valence-corrected chi connectivity index (χ3v) is 17.3. The summed E-state index contributed by atoms with van der Waals surface area (Å²) in [5, 5.41) is 22.8. The number of fused-ring (bicyclic) bond motifs is 7. The Balaban J connectivity index is 1.14. The number of allylic oxidation sites excluding steroid dienone is 1. The number of aliphatic hydroxyl groups excluding tert-OH is 2. The molecule has 0 heterocycles. The molecule has 5 aliphatic carbocycles. The van der Waals surface area contributed by atoms with Crippen LogP contribution in [0, 0.1) is 56.7 Å². The van der Waals surface area contributed by atoms with Crippen molar-refractivity contribution < 1.29 is 19.7 Å². The third kappa shape index (κ3) is 7.19. The van der Waals surface area contributed by atoms with Gasteiger partial charge in [-0.15, -0.1) is 0 Å². The second-order valence-corrected chi connectivity index (χ2v) is 20.1. The van der Waals surface area contributed by atoms with E-state index in [0.717, 1.165) is 44.9 Å². The van der Waals surface area contributed by atoms with E-state index in [4.69, 9.17) is 4.74 Å². The van der Waals surface area contributed by atoms with Crippen LogP contribution in [0.25, 0.3) is 0 Å². The first kappa shape index (κ1) is 40.3. The highest BCUT2D eigenvalue weighted by molar-refractivity contribution is 5.69. The lowest BCUT2D eigenvalue weighted by atomic mass is 9.32. The summed E-state index contributed by atoms with van der Waals surface area (Å²) < 4.78 is 6.39. The molecule has 5 fully saturated rings. The summed E-state index contributed by atoms with van der Waals surface area (Å²) >= 11 is 0. The van der Waals surface area contributed by atoms with E-state index in [1.165, 1.54) is 102 Å². The van der Waals surface area contributed by atoms with Crippen molar-refractivity contribution in [3.63, 3.8) is 0 Å². The minimum absolute atomic E-state index is 0.00261. The first-order valence-corrected chi connectivity index (χ1v) is 21.9. The fourth-order valence-electron chi connectivity index (χ4n) is 14.3. The molecule has 0 aliphatic heterocycles. The number of esters is 1. The Bertz CT molecular complexity index is 1140. The minimum atomic E-state index is -0.453. The Labute approximate surface area is 308 Å². The van der Waals surface area contributed by atoms with Gasteiger partial charge in [0.05, 0.1) is 12.7 Å². The molecule has 0 aromatic heterocycles. The van der Waals surface area contributed by atoms with Gasteiger partial charge in [-0.3, -0.25) is 4.79 Å². The SMILES string of the molecule is C=C(C)C1CCC2(CO)C(O)CC3(C)C(CCC4C5(C)CCC(OC(=O)CCCCCCCCCCCCCCC)C(C)(C)C5CCC43C)C12. The van der Waals surface area contributed by atoms with Crippen LogP contribution in [0.1, 0.15) is 196 Å². The van der Waals surface area contributed by atoms with Crippen molar-refractivity contribution in [2.45, 2.75) is 208 Å². The van der Waals surface area contributed by atoms with Crippen LogP contribution in [0.4, 0.5) is 0 Å². The topological polar surface area (TPSA) is 66.8 Å². The van der Waals surface area contributed by atoms with Crippen molar-refractivity contribution in [2.75, 3.05) is 6.61 Å². The summed E-state index contributed by atoms with van der Waals surface area (Å²) in [6, 6.07) is 0. The number of hydrogen-bond donors (Lipinski definition) is 2. The van der Waals surface area contributed by atoms with Crippen LogP contribution in [0.15, 0.2) is 12.2 Å². The van der Waals surface area contributed by atoms with Crippen LogP contribution in [-0.2, 0) is 9.53 Å². The maximum Gasteiger partial charge on any atom is 0.306 e. The van der Waals surface area contributed by atoms with Crippen molar-refractivity contribution in [1.29, 1.82) is 0 Å². The Hall–Kier alpha value is -0.870. The van der Waals surface area contributed by atoms with Crippen LogP contribution in [-0.4, -0.2) is 35.0 Å². The van der Waals surface area contributed by atoms with Gasteiger partial charge in [-0.25, -0.2) is 0 Å². The minimum Gasteiger partial charge on any atom is -0.462 e. The standard InChI is InChI=1S/C46H80O4/c1-9-10-11-12-13-14-15-16-17-18-19-20-21-22-40(49)50-39-27-28-43(6)36(42(39,4)5)26-29-44(7)37(43)24-23-35-41-34(33(2)3)25-30-46(41,32-47)38(48)31-45(35,44)8/h34-39,41,47-48H,2,9-32H2,1,3-8H3. The fourth-order valence-corrected chi connectivity index (χ4v) is 14.3. The lowest BCUT2D eigenvalue weighted by Crippen LogP contribution is -2.68. The fraction of sp³-hybridized carbons (Fsp3) is 0.935. The highest BCUT2D eigenvalue weighted by Gasteiger charge is 2.72. The molecule has 2 N–H and O–H groups in total. The molecule has 11 unspecified atom stereocenters. The van der Waals surface area contributed by atoms with Gasteiger partial charge in [0.15, 0.2) is 0 Å². The van der Waals surface area contributed by atoms with Gasteiger partial charge in [-0.2, -0.15) is 0 Å². The first-order valence-electron chi connectivity index (χ1n) is 21.9. The second-order valence-electron chi connectivity index (χ2n) is 20.1. The second kappa shape index (κ2) is 16.2. The van der Waals surface area contributed by atoms with Gasteiger partial charge in [-0.1, -0.05) is 131 Å². The van der Waals surface area contributed by atoms with E-state index in [9.17, 15) is 15.0 Å². The van der Waals surface area contributed by atoms with E-state index in [1.54, 1.807) is 0 Å². The molecule has 0 amide bonds. The molecule has 11 atom stereocenters. The number of hydrogen-bond acceptors (Lipinski definition) is 4. The van der Waals surface area contributed by atoms with Gasteiger partial charge < -0.3 is 14.9 Å². The number of unbranched alkanes of at least 4 members (excludes halogenated alkanes) is 12. The molecule has 5 aliphatic rings. The smallest absolute Gasteiger partial charge is 0.306 e. The molecule has 5 rings (SSSR count). The molecule has 5 saturated carbocycles. The predicted molar refractivity (Wildman–Crippen MR) is 208 cm³/mol. The van der Waals surface area contributed by atoms with E-state index < -0.39 is 6.10 Å². The van der Waals surface area contributed by atoms with Crippen LogP contribution >= 0.6 is 0 Å². The van der Waals surface area contributed by atoms with Crippen LogP contribution in [0.5, 0.6) is 0 Å². The predicted octanol–water partition coefficient (Wildman–Crippen LogP) is 12.0. The molecule has 50 heavy (non-hydrogen) atoms. The molecular weight excluding hydrogens is 617 g/mol. The van der Waals surface area contributed by atoms with Gasteiger partial charge >= 0.3 is 5.97 Å². The van der Waals surface area contributed by atoms with Crippen molar-refractivity contribution >= 4 is 5.97 Å². The molecule has 0 spiro atoms. The number of carbonyl (C=O) groups is 1. The van der Waals surface area contributed by atoms with E-state index in [1.807, 2.05) is 0 Å². The zero-order chi connectivity index (χ0) is 36.4. The van der Waals surface area contributed by atoms with Crippen molar-refractivity contribution in [1.82, 2.24) is 0 Å². The summed E-state index contributed by atoms with van der Waals surface area (Å²) in [4.78, 5) is 13.2. The largest absolute Gasteiger partial charge is 0.462 e. The van der Waals surface area contributed by atoms with E-state index in [-0.39, 0.29) is 45.8 Å². The zero-order valence-electron chi connectivity index (χ0n) is 33.9. The van der Waals surface area contributed by atoms with Crippen molar-refractivity contribution in [3.05, 3.63) is 12.2 Å². The zero-order valence-corrected chi connectivity index (χ0v) is 33.9.